The normalized spacial score (nSPS) is 16.1. The highest BCUT2D eigenvalue weighted by molar-refractivity contribution is 14.0. The maximum atomic E-state index is 12.3. The number of rotatable bonds is 8. The highest BCUT2D eigenvalue weighted by atomic mass is 127. The first-order chi connectivity index (χ1) is 13.5. The smallest absolute Gasteiger partial charge is 0.410 e. The van der Waals surface area contributed by atoms with Gasteiger partial charge in [0.15, 0.2) is 5.96 Å². The van der Waals surface area contributed by atoms with Crippen LogP contribution in [0.2, 0.25) is 0 Å². The van der Waals surface area contributed by atoms with Gasteiger partial charge in [-0.3, -0.25) is 4.99 Å². The Morgan fingerprint density at radius 1 is 1.20 bits per heavy atom. The number of carbonyl (C=O) groups excluding carboxylic acids is 1. The molecule has 0 unspecified atom stereocenters. The number of ether oxygens (including phenoxy) is 1. The zero-order valence-electron chi connectivity index (χ0n) is 19.2. The SMILES string of the molecule is CCN(CC1CCN(C(=NC)NCCNS(=O)(=O)CC)CC1)C(=O)OC(C)(C)C.I. The quantitative estimate of drug-likeness (QED) is 0.204. The number of amides is 1. The van der Waals surface area contributed by atoms with Gasteiger partial charge in [0.05, 0.1) is 5.75 Å². The monoisotopic (exact) mass is 561 g/mol. The van der Waals surface area contributed by atoms with Gasteiger partial charge in [0.25, 0.3) is 0 Å². The molecule has 0 bridgehead atoms. The van der Waals surface area contributed by atoms with Crippen LogP contribution in [0.15, 0.2) is 4.99 Å². The standard InChI is InChI=1S/C19H39N5O4S.HI/c1-7-23(18(25)28-19(3,4)5)15-16-9-13-24(14-10-16)17(20-6)21-11-12-22-29(26,27)8-2;/h16,22H,7-15H2,1-6H3,(H,20,21);1H. The summed E-state index contributed by atoms with van der Waals surface area (Å²) in [6.07, 6.45) is 1.67. The average Bonchev–Trinajstić information content (AvgIpc) is 2.65. The van der Waals surface area contributed by atoms with Crippen molar-refractivity contribution in [1.29, 1.82) is 0 Å². The maximum Gasteiger partial charge on any atom is 0.410 e. The van der Waals surface area contributed by atoms with Gasteiger partial charge in [-0.1, -0.05) is 0 Å². The van der Waals surface area contributed by atoms with Crippen LogP contribution in [0.5, 0.6) is 0 Å². The molecule has 1 saturated heterocycles. The Kier molecular flexibility index (Phi) is 13.2. The lowest BCUT2D eigenvalue weighted by atomic mass is 9.96. The van der Waals surface area contributed by atoms with E-state index < -0.39 is 15.6 Å². The highest BCUT2D eigenvalue weighted by Gasteiger charge is 2.27. The second kappa shape index (κ2) is 13.6. The number of likely N-dealkylation sites (tertiary alicyclic amines) is 1. The van der Waals surface area contributed by atoms with Crippen molar-refractivity contribution in [1.82, 2.24) is 19.8 Å². The molecule has 30 heavy (non-hydrogen) atoms. The van der Waals surface area contributed by atoms with Gasteiger partial charge in [0, 0.05) is 46.3 Å². The minimum absolute atomic E-state index is 0. The molecule has 0 aromatic heterocycles. The van der Waals surface area contributed by atoms with Crippen LogP contribution >= 0.6 is 24.0 Å². The number of nitrogens with one attached hydrogen (secondary N) is 2. The van der Waals surface area contributed by atoms with Crippen LogP contribution in [0.25, 0.3) is 0 Å². The molecule has 0 aromatic rings. The Hall–Kier alpha value is -0.820. The van der Waals surface area contributed by atoms with E-state index in [9.17, 15) is 13.2 Å². The number of hydrogen-bond acceptors (Lipinski definition) is 5. The van der Waals surface area contributed by atoms with E-state index in [-0.39, 0.29) is 35.8 Å². The molecule has 0 aliphatic carbocycles. The molecule has 1 amide bonds. The van der Waals surface area contributed by atoms with Crippen LogP contribution in [-0.4, -0.2) is 87.9 Å². The molecule has 178 valence electrons. The third-order valence-electron chi connectivity index (χ3n) is 4.75. The Labute approximate surface area is 199 Å². The summed E-state index contributed by atoms with van der Waals surface area (Å²) in [5.74, 6) is 1.28. The summed E-state index contributed by atoms with van der Waals surface area (Å²) >= 11 is 0. The van der Waals surface area contributed by atoms with Crippen molar-refractivity contribution >= 4 is 46.1 Å². The largest absolute Gasteiger partial charge is 0.444 e. The van der Waals surface area contributed by atoms with E-state index in [0.717, 1.165) is 31.9 Å². The number of sulfonamides is 1. The van der Waals surface area contributed by atoms with Gasteiger partial charge in [0.2, 0.25) is 10.0 Å². The molecular formula is C19H40IN5O4S. The van der Waals surface area contributed by atoms with Crippen molar-refractivity contribution in [2.75, 3.05) is 52.1 Å². The number of aliphatic imine (C=N–C) groups is 1. The first-order valence-electron chi connectivity index (χ1n) is 10.4. The van der Waals surface area contributed by atoms with Gasteiger partial charge in [0.1, 0.15) is 5.60 Å². The molecule has 0 aromatic carbocycles. The maximum absolute atomic E-state index is 12.3. The lowest BCUT2D eigenvalue weighted by Gasteiger charge is -2.36. The Morgan fingerprint density at radius 3 is 2.27 bits per heavy atom. The fourth-order valence-electron chi connectivity index (χ4n) is 3.11. The molecule has 1 fully saturated rings. The molecule has 2 N–H and O–H groups in total. The van der Waals surface area contributed by atoms with Crippen molar-refractivity contribution in [2.24, 2.45) is 10.9 Å². The van der Waals surface area contributed by atoms with Crippen molar-refractivity contribution in [2.45, 2.75) is 53.1 Å². The lowest BCUT2D eigenvalue weighted by Crippen LogP contribution is -2.49. The van der Waals surface area contributed by atoms with Crippen molar-refractivity contribution in [3.63, 3.8) is 0 Å². The van der Waals surface area contributed by atoms with Gasteiger partial charge in [-0.15, -0.1) is 24.0 Å². The summed E-state index contributed by atoms with van der Waals surface area (Å²) in [4.78, 5) is 20.6. The summed E-state index contributed by atoms with van der Waals surface area (Å²) in [6, 6.07) is 0. The number of guanidine groups is 1. The van der Waals surface area contributed by atoms with Crippen LogP contribution < -0.4 is 10.0 Å². The molecule has 1 aliphatic rings. The van der Waals surface area contributed by atoms with Gasteiger partial charge in [-0.05, 0) is 53.4 Å². The van der Waals surface area contributed by atoms with Crippen LogP contribution in [0.3, 0.4) is 0 Å². The molecule has 1 aliphatic heterocycles. The average molecular weight is 562 g/mol. The molecule has 9 nitrogen and oxygen atoms in total. The summed E-state index contributed by atoms with van der Waals surface area (Å²) in [5, 5.41) is 3.21. The molecule has 0 atom stereocenters. The predicted octanol–water partition coefficient (Wildman–Crippen LogP) is 2.09. The predicted molar refractivity (Wildman–Crippen MR) is 132 cm³/mol. The van der Waals surface area contributed by atoms with E-state index in [1.807, 2.05) is 27.7 Å². The van der Waals surface area contributed by atoms with Gasteiger partial charge in [-0.2, -0.15) is 0 Å². The van der Waals surface area contributed by atoms with E-state index >= 15 is 0 Å². The van der Waals surface area contributed by atoms with Gasteiger partial charge in [-0.25, -0.2) is 17.9 Å². The van der Waals surface area contributed by atoms with E-state index in [1.54, 1.807) is 18.9 Å². The minimum Gasteiger partial charge on any atom is -0.444 e. The number of hydrogen-bond donors (Lipinski definition) is 2. The highest BCUT2D eigenvalue weighted by Crippen LogP contribution is 2.20. The lowest BCUT2D eigenvalue weighted by molar-refractivity contribution is 0.0214. The van der Waals surface area contributed by atoms with Crippen molar-refractivity contribution in [3.05, 3.63) is 0 Å². The fourth-order valence-corrected chi connectivity index (χ4v) is 3.73. The fraction of sp³-hybridized carbons (Fsp3) is 0.895. The summed E-state index contributed by atoms with van der Waals surface area (Å²) < 4.78 is 31.0. The second-order valence-electron chi connectivity index (χ2n) is 8.22. The third-order valence-corrected chi connectivity index (χ3v) is 6.15. The second-order valence-corrected chi connectivity index (χ2v) is 10.3. The summed E-state index contributed by atoms with van der Waals surface area (Å²) in [5.41, 5.74) is -0.489. The van der Waals surface area contributed by atoms with Crippen LogP contribution in [0.4, 0.5) is 4.79 Å². The number of halogens is 1. The van der Waals surface area contributed by atoms with Crippen LogP contribution in [-0.2, 0) is 14.8 Å². The zero-order valence-corrected chi connectivity index (χ0v) is 22.4. The number of nitrogens with zero attached hydrogens (tertiary/aromatic N) is 3. The summed E-state index contributed by atoms with van der Waals surface area (Å²) in [7, 11) is -1.45. The molecule has 0 spiro atoms. The first-order valence-corrected chi connectivity index (χ1v) is 12.1. The first kappa shape index (κ1) is 29.2. The third kappa shape index (κ3) is 11.0. The van der Waals surface area contributed by atoms with Crippen molar-refractivity contribution < 1.29 is 17.9 Å². The molecule has 0 saturated carbocycles. The van der Waals surface area contributed by atoms with Crippen LogP contribution in [0.1, 0.15) is 47.5 Å². The van der Waals surface area contributed by atoms with E-state index in [0.29, 0.717) is 32.1 Å². The van der Waals surface area contributed by atoms with E-state index in [4.69, 9.17) is 4.74 Å². The van der Waals surface area contributed by atoms with Gasteiger partial charge < -0.3 is 19.9 Å². The van der Waals surface area contributed by atoms with Gasteiger partial charge >= 0.3 is 6.09 Å². The Balaban J connectivity index is 0.00000841. The molecular weight excluding hydrogens is 521 g/mol. The topological polar surface area (TPSA) is 103 Å². The Morgan fingerprint density at radius 2 is 1.80 bits per heavy atom. The van der Waals surface area contributed by atoms with E-state index in [2.05, 4.69) is 19.9 Å². The number of piperidine rings is 1. The molecule has 11 heteroatoms. The van der Waals surface area contributed by atoms with Crippen molar-refractivity contribution in [3.8, 4) is 0 Å². The Bertz CT molecular complexity index is 644. The summed E-state index contributed by atoms with van der Waals surface area (Å²) in [6.45, 7) is 13.0. The molecule has 0 radical (unpaired) electrons. The molecule has 1 rings (SSSR count). The van der Waals surface area contributed by atoms with Crippen LogP contribution in [0, 0.1) is 5.92 Å². The zero-order chi connectivity index (χ0) is 22.1. The van der Waals surface area contributed by atoms with E-state index in [1.165, 1.54) is 0 Å². The minimum atomic E-state index is -3.17. The molecule has 1 heterocycles. The number of carbonyl (C=O) groups is 1.